The highest BCUT2D eigenvalue weighted by Gasteiger charge is 2.52. The van der Waals surface area contributed by atoms with Gasteiger partial charge >= 0.3 is 5.97 Å². The zero-order valence-corrected chi connectivity index (χ0v) is 9.25. The largest absolute Gasteiger partial charge is 0.468 e. The molecule has 1 saturated carbocycles. The summed E-state index contributed by atoms with van der Waals surface area (Å²) in [4.78, 5) is 35.1. The van der Waals surface area contributed by atoms with Crippen molar-refractivity contribution in [1.82, 2.24) is 5.32 Å². The van der Waals surface area contributed by atoms with Crippen LogP contribution in [0.25, 0.3) is 0 Å². The summed E-state index contributed by atoms with van der Waals surface area (Å²) in [5, 5.41) is 2.65. The van der Waals surface area contributed by atoms with Crippen molar-refractivity contribution in [1.29, 1.82) is 0 Å². The van der Waals surface area contributed by atoms with Crippen molar-refractivity contribution in [3.05, 3.63) is 0 Å². The second-order valence-electron chi connectivity index (χ2n) is 4.53. The maximum Gasteiger partial charge on any atom is 0.325 e. The van der Waals surface area contributed by atoms with Crippen LogP contribution in [-0.2, 0) is 19.1 Å². The average molecular weight is 225 g/mol. The van der Waals surface area contributed by atoms with Gasteiger partial charge in [0.15, 0.2) is 11.7 Å². The first-order valence-corrected chi connectivity index (χ1v) is 5.50. The van der Waals surface area contributed by atoms with Gasteiger partial charge in [-0.1, -0.05) is 12.8 Å². The fraction of sp³-hybridized carbons (Fsp3) is 0.727. The molecule has 0 aromatic heterocycles. The number of amides is 1. The molecule has 1 aliphatic carbocycles. The molecule has 2 aliphatic rings. The molecule has 0 aromatic rings. The molecule has 5 heteroatoms. The van der Waals surface area contributed by atoms with E-state index in [0.717, 1.165) is 25.7 Å². The Balaban J connectivity index is 2.26. The van der Waals surface area contributed by atoms with Crippen molar-refractivity contribution in [2.75, 3.05) is 13.7 Å². The predicted molar refractivity (Wildman–Crippen MR) is 54.4 cm³/mol. The van der Waals surface area contributed by atoms with Gasteiger partial charge in [-0.2, -0.15) is 0 Å². The highest BCUT2D eigenvalue weighted by atomic mass is 16.5. The molecule has 0 aromatic carbocycles. The van der Waals surface area contributed by atoms with E-state index in [9.17, 15) is 14.4 Å². The van der Waals surface area contributed by atoms with Crippen molar-refractivity contribution in [3.63, 3.8) is 0 Å². The third kappa shape index (κ3) is 1.50. The van der Waals surface area contributed by atoms with Gasteiger partial charge in [0, 0.05) is 12.0 Å². The van der Waals surface area contributed by atoms with Gasteiger partial charge in [0.2, 0.25) is 5.91 Å². The maximum atomic E-state index is 12.2. The SMILES string of the molecule is COC(=O)C1C(=O)NCC2(CCCC2)C1=O. The Morgan fingerprint density at radius 3 is 2.56 bits per heavy atom. The molecule has 1 unspecified atom stereocenters. The van der Waals surface area contributed by atoms with Gasteiger partial charge in [0.05, 0.1) is 7.11 Å². The smallest absolute Gasteiger partial charge is 0.325 e. The summed E-state index contributed by atoms with van der Waals surface area (Å²) in [6, 6.07) is 0. The number of nitrogens with one attached hydrogen (secondary N) is 1. The Labute approximate surface area is 93.5 Å². The number of piperidine rings is 1. The van der Waals surface area contributed by atoms with E-state index in [0.29, 0.717) is 6.54 Å². The molecule has 1 atom stereocenters. The summed E-state index contributed by atoms with van der Waals surface area (Å²) < 4.78 is 4.51. The van der Waals surface area contributed by atoms with Gasteiger partial charge in [0.1, 0.15) is 0 Å². The van der Waals surface area contributed by atoms with E-state index >= 15 is 0 Å². The lowest BCUT2D eigenvalue weighted by Crippen LogP contribution is -2.56. The number of carbonyl (C=O) groups is 3. The van der Waals surface area contributed by atoms with Crippen LogP contribution in [-0.4, -0.2) is 31.3 Å². The zero-order chi connectivity index (χ0) is 11.8. The number of ketones is 1. The number of rotatable bonds is 1. The Bertz CT molecular complexity index is 336. The van der Waals surface area contributed by atoms with Crippen LogP contribution in [0, 0.1) is 11.3 Å². The quantitative estimate of drug-likeness (QED) is 0.505. The lowest BCUT2D eigenvalue weighted by atomic mass is 9.73. The predicted octanol–water partition coefficient (Wildman–Crippen LogP) is 0.0349. The van der Waals surface area contributed by atoms with Gasteiger partial charge in [-0.25, -0.2) is 0 Å². The molecule has 2 fully saturated rings. The molecule has 0 bridgehead atoms. The second-order valence-corrected chi connectivity index (χ2v) is 4.53. The number of hydrogen-bond donors (Lipinski definition) is 1. The minimum atomic E-state index is -1.25. The van der Waals surface area contributed by atoms with Gasteiger partial charge in [-0.15, -0.1) is 0 Å². The maximum absolute atomic E-state index is 12.2. The van der Waals surface area contributed by atoms with Crippen LogP contribution in [0.3, 0.4) is 0 Å². The first-order valence-electron chi connectivity index (χ1n) is 5.50. The third-order valence-electron chi connectivity index (χ3n) is 3.65. The summed E-state index contributed by atoms with van der Waals surface area (Å²) in [5.74, 6) is -2.76. The van der Waals surface area contributed by atoms with Crippen molar-refractivity contribution in [2.45, 2.75) is 25.7 Å². The molecular weight excluding hydrogens is 210 g/mol. The van der Waals surface area contributed by atoms with E-state index in [1.54, 1.807) is 0 Å². The van der Waals surface area contributed by atoms with Gasteiger partial charge < -0.3 is 10.1 Å². The molecule has 1 amide bonds. The molecule has 1 aliphatic heterocycles. The van der Waals surface area contributed by atoms with Gasteiger partial charge in [-0.3, -0.25) is 14.4 Å². The van der Waals surface area contributed by atoms with E-state index in [1.165, 1.54) is 7.11 Å². The van der Waals surface area contributed by atoms with Crippen LogP contribution >= 0.6 is 0 Å². The molecular formula is C11H15NO4. The van der Waals surface area contributed by atoms with Crippen LogP contribution in [0.4, 0.5) is 0 Å². The van der Waals surface area contributed by atoms with Crippen molar-refractivity contribution in [3.8, 4) is 0 Å². The number of Topliss-reactive ketones (excluding diaryl/α,β-unsaturated/α-hetero) is 1. The lowest BCUT2D eigenvalue weighted by Gasteiger charge is -2.34. The van der Waals surface area contributed by atoms with Crippen LogP contribution in [0.1, 0.15) is 25.7 Å². The van der Waals surface area contributed by atoms with E-state index in [1.807, 2.05) is 0 Å². The third-order valence-corrected chi connectivity index (χ3v) is 3.65. The van der Waals surface area contributed by atoms with Crippen molar-refractivity contribution in [2.24, 2.45) is 11.3 Å². The lowest BCUT2D eigenvalue weighted by molar-refractivity contribution is -0.159. The Hall–Kier alpha value is -1.39. The second kappa shape index (κ2) is 3.88. The van der Waals surface area contributed by atoms with E-state index < -0.39 is 23.2 Å². The molecule has 0 radical (unpaired) electrons. The topological polar surface area (TPSA) is 72.5 Å². The van der Waals surface area contributed by atoms with Crippen LogP contribution in [0.5, 0.6) is 0 Å². The normalized spacial score (nSPS) is 27.9. The monoisotopic (exact) mass is 225 g/mol. The highest BCUT2D eigenvalue weighted by molar-refractivity contribution is 6.19. The zero-order valence-electron chi connectivity index (χ0n) is 9.25. The summed E-state index contributed by atoms with van der Waals surface area (Å²) in [5.41, 5.74) is -0.507. The number of carbonyl (C=O) groups excluding carboxylic acids is 3. The van der Waals surface area contributed by atoms with Crippen LogP contribution in [0.15, 0.2) is 0 Å². The molecule has 1 N–H and O–H groups in total. The fourth-order valence-corrected chi connectivity index (χ4v) is 2.68. The fourth-order valence-electron chi connectivity index (χ4n) is 2.68. The number of ether oxygens (including phenoxy) is 1. The minimum Gasteiger partial charge on any atom is -0.468 e. The first kappa shape index (κ1) is 11.1. The van der Waals surface area contributed by atoms with Crippen LogP contribution in [0.2, 0.25) is 0 Å². The molecule has 5 nitrogen and oxygen atoms in total. The van der Waals surface area contributed by atoms with E-state index in [4.69, 9.17) is 0 Å². The Morgan fingerprint density at radius 1 is 1.38 bits per heavy atom. The van der Waals surface area contributed by atoms with Crippen LogP contribution < -0.4 is 5.32 Å². The van der Waals surface area contributed by atoms with Crippen molar-refractivity contribution < 1.29 is 19.1 Å². The van der Waals surface area contributed by atoms with E-state index in [2.05, 4.69) is 10.1 Å². The molecule has 88 valence electrons. The summed E-state index contributed by atoms with van der Waals surface area (Å²) in [6.07, 6.45) is 3.49. The summed E-state index contributed by atoms with van der Waals surface area (Å²) in [7, 11) is 1.19. The minimum absolute atomic E-state index is 0.249. The number of esters is 1. The Kier molecular flexibility index (Phi) is 2.69. The molecule has 1 saturated heterocycles. The Morgan fingerprint density at radius 2 is 2.00 bits per heavy atom. The standard InChI is InChI=1S/C11H15NO4/c1-16-10(15)7-8(13)11(4-2-3-5-11)6-12-9(7)14/h7H,2-6H2,1H3,(H,12,14). The first-order chi connectivity index (χ1) is 7.60. The highest BCUT2D eigenvalue weighted by Crippen LogP contribution is 2.42. The number of methoxy groups -OCH3 is 1. The van der Waals surface area contributed by atoms with Gasteiger partial charge in [0.25, 0.3) is 0 Å². The summed E-state index contributed by atoms with van der Waals surface area (Å²) >= 11 is 0. The van der Waals surface area contributed by atoms with Gasteiger partial charge in [-0.05, 0) is 12.8 Å². The number of hydrogen-bond acceptors (Lipinski definition) is 4. The molecule has 1 spiro atoms. The molecule has 16 heavy (non-hydrogen) atoms. The van der Waals surface area contributed by atoms with E-state index in [-0.39, 0.29) is 5.78 Å². The molecule has 2 rings (SSSR count). The summed E-state index contributed by atoms with van der Waals surface area (Å²) in [6.45, 7) is 0.373. The average Bonchev–Trinajstić information content (AvgIpc) is 2.74. The van der Waals surface area contributed by atoms with Crippen molar-refractivity contribution >= 4 is 17.7 Å². The molecule has 1 heterocycles.